The molecule has 0 aliphatic rings. The third kappa shape index (κ3) is 5.84. The van der Waals surface area contributed by atoms with Gasteiger partial charge < -0.3 is 10.4 Å². The van der Waals surface area contributed by atoms with Crippen molar-refractivity contribution in [1.82, 2.24) is 5.32 Å². The van der Waals surface area contributed by atoms with E-state index in [-0.39, 0.29) is 12.5 Å². The van der Waals surface area contributed by atoms with Gasteiger partial charge >= 0.3 is 5.97 Å². The predicted molar refractivity (Wildman–Crippen MR) is 82.0 cm³/mol. The van der Waals surface area contributed by atoms with Crippen molar-refractivity contribution in [3.05, 3.63) is 34.9 Å². The van der Waals surface area contributed by atoms with Crippen LogP contribution in [0.1, 0.15) is 19.4 Å². The number of benzene rings is 1. The summed E-state index contributed by atoms with van der Waals surface area (Å²) >= 11 is 7.34. The second-order valence-corrected chi connectivity index (χ2v) is 6.51. The van der Waals surface area contributed by atoms with Gasteiger partial charge in [-0.25, -0.2) is 0 Å². The molecule has 1 aromatic rings. The first-order chi connectivity index (χ1) is 9.31. The van der Waals surface area contributed by atoms with Gasteiger partial charge in [0.2, 0.25) is 5.91 Å². The van der Waals surface area contributed by atoms with Crippen LogP contribution < -0.4 is 5.32 Å². The smallest absolute Gasteiger partial charge is 0.310 e. The molecule has 0 radical (unpaired) electrons. The van der Waals surface area contributed by atoms with Crippen LogP contribution in [0.4, 0.5) is 0 Å². The summed E-state index contributed by atoms with van der Waals surface area (Å²) in [7, 11) is 0. The maximum absolute atomic E-state index is 11.6. The van der Waals surface area contributed by atoms with Gasteiger partial charge in [-0.3, -0.25) is 9.59 Å². The molecule has 0 heterocycles. The molecular weight excluding hydrogens is 298 g/mol. The minimum absolute atomic E-state index is 0.124. The summed E-state index contributed by atoms with van der Waals surface area (Å²) in [6.45, 7) is 3.28. The Hall–Kier alpha value is -1.20. The van der Waals surface area contributed by atoms with Crippen molar-refractivity contribution in [3.8, 4) is 0 Å². The lowest BCUT2D eigenvalue weighted by molar-refractivity contribution is -0.146. The van der Waals surface area contributed by atoms with Crippen molar-refractivity contribution in [2.45, 2.75) is 19.6 Å². The molecule has 2 N–H and O–H groups in total. The number of carbonyl (C=O) groups excluding carboxylic acids is 1. The van der Waals surface area contributed by atoms with E-state index in [1.165, 1.54) is 11.8 Å². The van der Waals surface area contributed by atoms with Gasteiger partial charge in [0.15, 0.2) is 0 Å². The molecule has 110 valence electrons. The molecule has 0 fully saturated rings. The Kier molecular flexibility index (Phi) is 6.36. The predicted octanol–water partition coefficient (Wildman–Crippen LogP) is 2.80. The number of halogens is 1. The zero-order chi connectivity index (χ0) is 15.2. The SMILES string of the molecule is CC(C)(CNC(=O)CSCc1cccc(Cl)c1)C(=O)O. The van der Waals surface area contributed by atoms with E-state index in [0.29, 0.717) is 16.5 Å². The molecule has 4 nitrogen and oxygen atoms in total. The summed E-state index contributed by atoms with van der Waals surface area (Å²) in [4.78, 5) is 22.5. The topological polar surface area (TPSA) is 66.4 Å². The summed E-state index contributed by atoms with van der Waals surface area (Å²) in [5.41, 5.74) is 0.106. The molecule has 0 aliphatic carbocycles. The highest BCUT2D eigenvalue weighted by molar-refractivity contribution is 7.99. The van der Waals surface area contributed by atoms with Crippen LogP contribution in [0, 0.1) is 5.41 Å². The average Bonchev–Trinajstić information content (AvgIpc) is 2.36. The third-order valence-electron chi connectivity index (χ3n) is 2.70. The fraction of sp³-hybridized carbons (Fsp3) is 0.429. The highest BCUT2D eigenvalue weighted by Crippen LogP contribution is 2.17. The Morgan fingerprint density at radius 1 is 1.40 bits per heavy atom. The van der Waals surface area contributed by atoms with Gasteiger partial charge in [0.1, 0.15) is 0 Å². The van der Waals surface area contributed by atoms with Crippen LogP contribution in [0.15, 0.2) is 24.3 Å². The van der Waals surface area contributed by atoms with E-state index in [0.717, 1.165) is 5.56 Å². The van der Waals surface area contributed by atoms with E-state index >= 15 is 0 Å². The van der Waals surface area contributed by atoms with Crippen LogP contribution in [-0.2, 0) is 15.3 Å². The fourth-order valence-electron chi connectivity index (χ4n) is 1.33. The molecule has 0 unspecified atom stereocenters. The number of aliphatic carboxylic acids is 1. The van der Waals surface area contributed by atoms with Gasteiger partial charge in [-0.1, -0.05) is 23.7 Å². The van der Waals surface area contributed by atoms with E-state index in [1.54, 1.807) is 19.9 Å². The molecule has 1 aromatic carbocycles. The zero-order valence-corrected chi connectivity index (χ0v) is 13.1. The number of carboxylic acid groups (broad SMARTS) is 1. The highest BCUT2D eigenvalue weighted by Gasteiger charge is 2.27. The van der Waals surface area contributed by atoms with Crippen molar-refractivity contribution in [2.75, 3.05) is 12.3 Å². The summed E-state index contributed by atoms with van der Waals surface area (Å²) in [6.07, 6.45) is 0. The summed E-state index contributed by atoms with van der Waals surface area (Å²) in [5, 5.41) is 12.2. The Balaban J connectivity index is 2.29. The second-order valence-electron chi connectivity index (χ2n) is 5.09. The lowest BCUT2D eigenvalue weighted by Gasteiger charge is -2.19. The molecule has 6 heteroatoms. The van der Waals surface area contributed by atoms with E-state index < -0.39 is 11.4 Å². The van der Waals surface area contributed by atoms with Crippen LogP contribution in [-0.4, -0.2) is 29.3 Å². The molecule has 1 rings (SSSR count). The molecule has 0 saturated carbocycles. The van der Waals surface area contributed by atoms with Crippen molar-refractivity contribution in [1.29, 1.82) is 0 Å². The second kappa shape index (κ2) is 7.55. The summed E-state index contributed by atoms with van der Waals surface area (Å²) < 4.78 is 0. The van der Waals surface area contributed by atoms with Crippen molar-refractivity contribution in [3.63, 3.8) is 0 Å². The lowest BCUT2D eigenvalue weighted by atomic mass is 9.94. The van der Waals surface area contributed by atoms with E-state index in [2.05, 4.69) is 5.32 Å². The van der Waals surface area contributed by atoms with Gasteiger partial charge in [-0.15, -0.1) is 11.8 Å². The van der Waals surface area contributed by atoms with Crippen molar-refractivity contribution in [2.24, 2.45) is 5.41 Å². The first-order valence-corrected chi connectivity index (χ1v) is 7.67. The van der Waals surface area contributed by atoms with Gasteiger partial charge in [0.25, 0.3) is 0 Å². The first-order valence-electron chi connectivity index (χ1n) is 6.13. The molecule has 0 spiro atoms. The average molecular weight is 316 g/mol. The number of amides is 1. The van der Waals surface area contributed by atoms with Gasteiger partial charge in [0.05, 0.1) is 11.2 Å². The van der Waals surface area contributed by atoms with E-state index in [4.69, 9.17) is 16.7 Å². The van der Waals surface area contributed by atoms with Crippen LogP contribution >= 0.6 is 23.4 Å². The first kappa shape index (κ1) is 16.9. The molecule has 0 saturated heterocycles. The monoisotopic (exact) mass is 315 g/mol. The standard InChI is InChI=1S/C14H18ClNO3S/c1-14(2,13(18)19)9-16-12(17)8-20-7-10-4-3-5-11(15)6-10/h3-6H,7-9H2,1-2H3,(H,16,17)(H,18,19). The highest BCUT2D eigenvalue weighted by atomic mass is 35.5. The fourth-order valence-corrected chi connectivity index (χ4v) is 2.35. The van der Waals surface area contributed by atoms with Gasteiger partial charge in [-0.05, 0) is 31.5 Å². The number of rotatable bonds is 7. The maximum atomic E-state index is 11.6. The number of carboxylic acids is 1. The molecule has 0 aliphatic heterocycles. The molecule has 20 heavy (non-hydrogen) atoms. The number of nitrogens with one attached hydrogen (secondary N) is 1. The normalized spacial score (nSPS) is 11.2. The summed E-state index contributed by atoms with van der Waals surface area (Å²) in [5.74, 6) is -0.103. The number of hydrogen-bond donors (Lipinski definition) is 2. The minimum Gasteiger partial charge on any atom is -0.481 e. The maximum Gasteiger partial charge on any atom is 0.310 e. The third-order valence-corrected chi connectivity index (χ3v) is 3.94. The Morgan fingerprint density at radius 2 is 2.10 bits per heavy atom. The summed E-state index contributed by atoms with van der Waals surface area (Å²) in [6, 6.07) is 7.48. The molecule has 1 amide bonds. The van der Waals surface area contributed by atoms with Gasteiger partial charge in [-0.2, -0.15) is 0 Å². The molecule has 0 bridgehead atoms. The number of hydrogen-bond acceptors (Lipinski definition) is 3. The molecule has 0 aromatic heterocycles. The molecule has 0 atom stereocenters. The number of thioether (sulfide) groups is 1. The Labute approximate surface area is 127 Å². The van der Waals surface area contributed by atoms with Crippen LogP contribution in [0.25, 0.3) is 0 Å². The van der Waals surface area contributed by atoms with Crippen LogP contribution in [0.5, 0.6) is 0 Å². The number of carbonyl (C=O) groups is 2. The molecular formula is C14H18ClNO3S. The largest absolute Gasteiger partial charge is 0.481 e. The lowest BCUT2D eigenvalue weighted by Crippen LogP contribution is -2.39. The zero-order valence-electron chi connectivity index (χ0n) is 11.5. The Bertz CT molecular complexity index is 491. The van der Waals surface area contributed by atoms with Crippen LogP contribution in [0.3, 0.4) is 0 Å². The quantitative estimate of drug-likeness (QED) is 0.812. The van der Waals surface area contributed by atoms with Crippen molar-refractivity contribution < 1.29 is 14.7 Å². The van der Waals surface area contributed by atoms with E-state index in [9.17, 15) is 9.59 Å². The Morgan fingerprint density at radius 3 is 2.70 bits per heavy atom. The van der Waals surface area contributed by atoms with Gasteiger partial charge in [0, 0.05) is 17.3 Å². The van der Waals surface area contributed by atoms with Crippen LogP contribution in [0.2, 0.25) is 5.02 Å². The van der Waals surface area contributed by atoms with E-state index in [1.807, 2.05) is 18.2 Å². The minimum atomic E-state index is -0.951. The van der Waals surface area contributed by atoms with Crippen molar-refractivity contribution >= 4 is 35.2 Å².